The lowest BCUT2D eigenvalue weighted by atomic mass is 9.97. The smallest absolute Gasteiger partial charge is 0.241 e. The highest BCUT2D eigenvalue weighted by molar-refractivity contribution is 5.54. The second kappa shape index (κ2) is 7.01. The van der Waals surface area contributed by atoms with Crippen LogP contribution < -0.4 is 0 Å². The molecule has 0 radical (unpaired) electrons. The van der Waals surface area contributed by atoms with E-state index in [-0.39, 0.29) is 6.29 Å². The number of hydrogen-bond donors (Lipinski definition) is 0. The van der Waals surface area contributed by atoms with E-state index in [4.69, 9.17) is 14.0 Å². The van der Waals surface area contributed by atoms with Crippen LogP contribution in [0.1, 0.15) is 24.3 Å². The van der Waals surface area contributed by atoms with E-state index in [0.29, 0.717) is 37.4 Å². The van der Waals surface area contributed by atoms with E-state index >= 15 is 0 Å². The maximum atomic E-state index is 5.66. The van der Waals surface area contributed by atoms with Crippen molar-refractivity contribution in [2.75, 3.05) is 26.3 Å². The standard InChI is InChI=1S/C18H23N3O3/c1-13-4-6-14(7-5-13)17-19-16(24-20-17)12-21-8-2-3-15(11-21)18-22-9-10-23-18/h4-7,15,18H,2-3,8-12H2,1H3. The normalized spacial score (nSPS) is 23.0. The first-order valence-corrected chi connectivity index (χ1v) is 8.63. The number of rotatable bonds is 4. The molecule has 1 aromatic carbocycles. The van der Waals surface area contributed by atoms with Crippen LogP contribution in [0.5, 0.6) is 0 Å². The quantitative estimate of drug-likeness (QED) is 0.859. The first-order valence-electron chi connectivity index (χ1n) is 8.63. The molecule has 0 spiro atoms. The Morgan fingerprint density at radius 3 is 2.75 bits per heavy atom. The molecule has 1 atom stereocenters. The van der Waals surface area contributed by atoms with E-state index in [0.717, 1.165) is 31.5 Å². The number of likely N-dealkylation sites (tertiary alicyclic amines) is 1. The predicted octanol–water partition coefficient (Wildman–Crippen LogP) is 2.63. The molecule has 2 aromatic rings. The van der Waals surface area contributed by atoms with Crippen LogP contribution in [0.4, 0.5) is 0 Å². The van der Waals surface area contributed by atoms with Crippen LogP contribution in [0.25, 0.3) is 11.4 Å². The van der Waals surface area contributed by atoms with Gasteiger partial charge in [0.1, 0.15) is 0 Å². The number of benzene rings is 1. The third-order valence-corrected chi connectivity index (χ3v) is 4.71. The second-order valence-corrected chi connectivity index (χ2v) is 6.63. The van der Waals surface area contributed by atoms with Crippen molar-refractivity contribution in [1.29, 1.82) is 0 Å². The van der Waals surface area contributed by atoms with Gasteiger partial charge in [-0.3, -0.25) is 4.90 Å². The summed E-state index contributed by atoms with van der Waals surface area (Å²) in [5, 5.41) is 4.12. The van der Waals surface area contributed by atoms with Crippen LogP contribution in [0.2, 0.25) is 0 Å². The highest BCUT2D eigenvalue weighted by Gasteiger charge is 2.31. The Morgan fingerprint density at radius 2 is 1.96 bits per heavy atom. The fraction of sp³-hybridized carbons (Fsp3) is 0.556. The predicted molar refractivity (Wildman–Crippen MR) is 88.2 cm³/mol. The van der Waals surface area contributed by atoms with Gasteiger partial charge in [0.25, 0.3) is 0 Å². The summed E-state index contributed by atoms with van der Waals surface area (Å²) in [6.07, 6.45) is 2.26. The van der Waals surface area contributed by atoms with Gasteiger partial charge in [0, 0.05) is 18.0 Å². The Kier molecular flexibility index (Phi) is 4.60. The van der Waals surface area contributed by atoms with Crippen molar-refractivity contribution in [3.63, 3.8) is 0 Å². The number of hydrogen-bond acceptors (Lipinski definition) is 6. The van der Waals surface area contributed by atoms with Crippen molar-refractivity contribution in [3.8, 4) is 11.4 Å². The summed E-state index contributed by atoms with van der Waals surface area (Å²) in [6.45, 7) is 6.17. The van der Waals surface area contributed by atoms with Gasteiger partial charge in [0.2, 0.25) is 11.7 Å². The second-order valence-electron chi connectivity index (χ2n) is 6.63. The fourth-order valence-corrected chi connectivity index (χ4v) is 3.44. The average molecular weight is 329 g/mol. The van der Waals surface area contributed by atoms with Crippen molar-refractivity contribution in [2.45, 2.75) is 32.6 Å². The van der Waals surface area contributed by atoms with Crippen LogP contribution in [-0.2, 0) is 16.0 Å². The summed E-state index contributed by atoms with van der Waals surface area (Å²) in [6, 6.07) is 8.16. The lowest BCUT2D eigenvalue weighted by Crippen LogP contribution is -2.40. The molecule has 0 aliphatic carbocycles. The molecule has 2 aliphatic rings. The largest absolute Gasteiger partial charge is 0.350 e. The fourth-order valence-electron chi connectivity index (χ4n) is 3.44. The Morgan fingerprint density at radius 1 is 1.17 bits per heavy atom. The molecule has 128 valence electrons. The van der Waals surface area contributed by atoms with Crippen molar-refractivity contribution in [2.24, 2.45) is 5.92 Å². The van der Waals surface area contributed by atoms with Crippen molar-refractivity contribution < 1.29 is 14.0 Å². The van der Waals surface area contributed by atoms with Gasteiger partial charge in [-0.05, 0) is 26.3 Å². The van der Waals surface area contributed by atoms with Gasteiger partial charge in [-0.2, -0.15) is 4.98 Å². The molecule has 0 N–H and O–H groups in total. The third kappa shape index (κ3) is 3.50. The average Bonchev–Trinajstić information content (AvgIpc) is 3.28. The van der Waals surface area contributed by atoms with Crippen molar-refractivity contribution in [1.82, 2.24) is 15.0 Å². The van der Waals surface area contributed by atoms with Crippen LogP contribution in [0, 0.1) is 12.8 Å². The van der Waals surface area contributed by atoms with E-state index in [9.17, 15) is 0 Å². The molecule has 2 aliphatic heterocycles. The summed E-state index contributed by atoms with van der Waals surface area (Å²) >= 11 is 0. The van der Waals surface area contributed by atoms with E-state index in [1.165, 1.54) is 5.56 Å². The topological polar surface area (TPSA) is 60.6 Å². The third-order valence-electron chi connectivity index (χ3n) is 4.71. The van der Waals surface area contributed by atoms with Crippen LogP contribution in [0.3, 0.4) is 0 Å². The van der Waals surface area contributed by atoms with Crippen molar-refractivity contribution >= 4 is 0 Å². The molecule has 24 heavy (non-hydrogen) atoms. The molecule has 1 unspecified atom stereocenters. The minimum Gasteiger partial charge on any atom is -0.350 e. The summed E-state index contributed by atoms with van der Waals surface area (Å²) in [4.78, 5) is 6.90. The SMILES string of the molecule is Cc1ccc(-c2noc(CN3CCCC(C4OCCO4)C3)n2)cc1. The molecule has 3 heterocycles. The number of aryl methyl sites for hydroxylation is 1. The van der Waals surface area contributed by atoms with E-state index in [2.05, 4.69) is 34.1 Å². The number of ether oxygens (including phenoxy) is 2. The van der Waals surface area contributed by atoms with E-state index in [1.807, 2.05) is 12.1 Å². The molecule has 6 nitrogen and oxygen atoms in total. The van der Waals surface area contributed by atoms with Gasteiger partial charge in [-0.1, -0.05) is 35.0 Å². The molecule has 2 fully saturated rings. The maximum Gasteiger partial charge on any atom is 0.241 e. The molecule has 0 amide bonds. The molecule has 1 aromatic heterocycles. The molecule has 0 bridgehead atoms. The monoisotopic (exact) mass is 329 g/mol. The zero-order chi connectivity index (χ0) is 16.4. The highest BCUT2D eigenvalue weighted by Crippen LogP contribution is 2.26. The van der Waals surface area contributed by atoms with Gasteiger partial charge in [-0.25, -0.2) is 0 Å². The lowest BCUT2D eigenvalue weighted by molar-refractivity contribution is -0.101. The van der Waals surface area contributed by atoms with Crippen LogP contribution >= 0.6 is 0 Å². The van der Waals surface area contributed by atoms with Gasteiger partial charge < -0.3 is 14.0 Å². The molecular formula is C18H23N3O3. The maximum absolute atomic E-state index is 5.66. The van der Waals surface area contributed by atoms with Gasteiger partial charge in [0.05, 0.1) is 19.8 Å². The number of piperidine rings is 1. The van der Waals surface area contributed by atoms with Crippen molar-refractivity contribution in [3.05, 3.63) is 35.7 Å². The van der Waals surface area contributed by atoms with Crippen LogP contribution in [-0.4, -0.2) is 47.6 Å². The minimum absolute atomic E-state index is 0.0430. The molecule has 0 saturated carbocycles. The molecular weight excluding hydrogens is 306 g/mol. The first-order chi connectivity index (χ1) is 11.8. The Labute approximate surface area is 141 Å². The zero-order valence-electron chi connectivity index (χ0n) is 14.0. The molecule has 2 saturated heterocycles. The first kappa shape index (κ1) is 15.7. The van der Waals surface area contributed by atoms with E-state index in [1.54, 1.807) is 0 Å². The summed E-state index contributed by atoms with van der Waals surface area (Å²) < 4.78 is 16.8. The Bertz CT molecular complexity index is 664. The van der Waals surface area contributed by atoms with E-state index < -0.39 is 0 Å². The summed E-state index contributed by atoms with van der Waals surface area (Å²) in [5.41, 5.74) is 2.21. The summed E-state index contributed by atoms with van der Waals surface area (Å²) in [5.74, 6) is 1.75. The van der Waals surface area contributed by atoms with Crippen LogP contribution in [0.15, 0.2) is 28.8 Å². The Balaban J connectivity index is 1.39. The molecule has 6 heteroatoms. The van der Waals surface area contributed by atoms with Gasteiger partial charge in [-0.15, -0.1) is 0 Å². The number of aromatic nitrogens is 2. The zero-order valence-corrected chi connectivity index (χ0v) is 14.0. The van der Waals surface area contributed by atoms with Gasteiger partial charge in [0.15, 0.2) is 6.29 Å². The summed E-state index contributed by atoms with van der Waals surface area (Å²) in [7, 11) is 0. The molecule has 4 rings (SSSR count). The lowest BCUT2D eigenvalue weighted by Gasteiger charge is -2.33. The highest BCUT2D eigenvalue weighted by atomic mass is 16.7. The Hall–Kier alpha value is -1.76. The van der Waals surface area contributed by atoms with Gasteiger partial charge >= 0.3 is 0 Å². The number of nitrogens with zero attached hydrogens (tertiary/aromatic N) is 3. The minimum atomic E-state index is -0.0430.